The topological polar surface area (TPSA) is 110 Å². The maximum atomic E-state index is 10.6. The van der Waals surface area contributed by atoms with Crippen LogP contribution in [0.1, 0.15) is 18.0 Å². The average Bonchev–Trinajstić information content (AvgIpc) is 2.26. The highest BCUT2D eigenvalue weighted by atomic mass is 79.9. The molecule has 1 rings (SSSR count). The molecule has 0 heterocycles. The standard InChI is InChI=1S/C11H11Br2NO5/c12-6-1-5(8(14)3-9(15)16)2-7(13)11(6)19-4-10(17)18/h1-2,8H,3-4,14H2,(H,15,16)(H,17,18). The van der Waals surface area contributed by atoms with E-state index in [1.807, 2.05) is 0 Å². The van der Waals surface area contributed by atoms with Gasteiger partial charge in [-0.1, -0.05) is 0 Å². The Morgan fingerprint density at radius 2 is 1.74 bits per heavy atom. The van der Waals surface area contributed by atoms with Crippen LogP contribution in [0.5, 0.6) is 5.75 Å². The average molecular weight is 397 g/mol. The molecule has 0 bridgehead atoms. The first-order valence-corrected chi connectivity index (χ1v) is 6.70. The molecule has 0 saturated heterocycles. The molecule has 0 saturated carbocycles. The van der Waals surface area contributed by atoms with Gasteiger partial charge in [-0.25, -0.2) is 4.79 Å². The van der Waals surface area contributed by atoms with E-state index in [4.69, 9.17) is 20.7 Å². The molecule has 1 unspecified atom stereocenters. The third kappa shape index (κ3) is 4.81. The minimum atomic E-state index is -1.09. The summed E-state index contributed by atoms with van der Waals surface area (Å²) < 4.78 is 6.09. The van der Waals surface area contributed by atoms with Crippen LogP contribution in [0.3, 0.4) is 0 Å². The van der Waals surface area contributed by atoms with Crippen molar-refractivity contribution in [1.29, 1.82) is 0 Å². The molecule has 0 amide bonds. The quantitative estimate of drug-likeness (QED) is 0.679. The van der Waals surface area contributed by atoms with Gasteiger partial charge in [0.2, 0.25) is 0 Å². The van der Waals surface area contributed by atoms with E-state index in [0.29, 0.717) is 20.3 Å². The van der Waals surface area contributed by atoms with Crippen LogP contribution >= 0.6 is 31.9 Å². The molecule has 1 atom stereocenters. The summed E-state index contributed by atoms with van der Waals surface area (Å²) in [7, 11) is 0. The minimum Gasteiger partial charge on any atom is -0.481 e. The summed E-state index contributed by atoms with van der Waals surface area (Å²) in [6.07, 6.45) is -0.200. The van der Waals surface area contributed by atoms with Crippen LogP contribution in [0.2, 0.25) is 0 Å². The number of benzene rings is 1. The van der Waals surface area contributed by atoms with Crippen molar-refractivity contribution in [2.75, 3.05) is 6.61 Å². The number of carbonyl (C=O) groups is 2. The number of carboxylic acids is 2. The summed E-state index contributed by atoms with van der Waals surface area (Å²) in [5.74, 6) is -1.76. The summed E-state index contributed by atoms with van der Waals surface area (Å²) in [6.45, 7) is -0.474. The van der Waals surface area contributed by atoms with Gasteiger partial charge in [-0.15, -0.1) is 0 Å². The monoisotopic (exact) mass is 395 g/mol. The molecule has 0 aliphatic heterocycles. The Labute approximate surface area is 125 Å². The fourth-order valence-electron chi connectivity index (χ4n) is 1.37. The smallest absolute Gasteiger partial charge is 0.341 e. The largest absolute Gasteiger partial charge is 0.481 e. The molecule has 1 aromatic rings. The second-order valence-electron chi connectivity index (χ2n) is 3.70. The van der Waals surface area contributed by atoms with Gasteiger partial charge in [0.15, 0.2) is 6.61 Å². The SMILES string of the molecule is NC(CC(=O)O)c1cc(Br)c(OCC(=O)O)c(Br)c1. The molecule has 104 valence electrons. The van der Waals surface area contributed by atoms with Crippen molar-refractivity contribution in [3.05, 3.63) is 26.6 Å². The first-order chi connectivity index (χ1) is 8.81. The molecule has 0 aliphatic carbocycles. The molecule has 0 spiro atoms. The zero-order valence-corrected chi connectivity index (χ0v) is 12.8. The lowest BCUT2D eigenvalue weighted by molar-refractivity contribution is -0.139. The van der Waals surface area contributed by atoms with Gasteiger partial charge in [-0.3, -0.25) is 4.79 Å². The Bertz CT molecular complexity index is 483. The van der Waals surface area contributed by atoms with Gasteiger partial charge in [-0.05, 0) is 49.6 Å². The van der Waals surface area contributed by atoms with Crippen LogP contribution in [0, 0.1) is 0 Å². The Morgan fingerprint density at radius 1 is 1.21 bits per heavy atom. The van der Waals surface area contributed by atoms with E-state index in [0.717, 1.165) is 0 Å². The van der Waals surface area contributed by atoms with Gasteiger partial charge in [-0.2, -0.15) is 0 Å². The Balaban J connectivity index is 2.95. The van der Waals surface area contributed by atoms with Crippen molar-refractivity contribution in [3.8, 4) is 5.75 Å². The second-order valence-corrected chi connectivity index (χ2v) is 5.41. The molecule has 0 aromatic heterocycles. The zero-order chi connectivity index (χ0) is 14.6. The maximum absolute atomic E-state index is 10.6. The molecule has 0 aliphatic rings. The number of rotatable bonds is 6. The molecule has 8 heteroatoms. The molecule has 0 radical (unpaired) electrons. The Morgan fingerprint density at radius 3 is 2.16 bits per heavy atom. The third-order valence-corrected chi connectivity index (χ3v) is 3.36. The number of ether oxygens (including phenoxy) is 1. The van der Waals surface area contributed by atoms with Crippen molar-refractivity contribution >= 4 is 43.8 Å². The molecule has 19 heavy (non-hydrogen) atoms. The Kier molecular flexibility index (Phi) is 5.77. The predicted octanol–water partition coefficient (Wildman–Crippen LogP) is 2.15. The molecule has 4 N–H and O–H groups in total. The fourth-order valence-corrected chi connectivity index (χ4v) is 2.82. The molecule has 0 fully saturated rings. The van der Waals surface area contributed by atoms with Crippen molar-refractivity contribution < 1.29 is 24.5 Å². The lowest BCUT2D eigenvalue weighted by atomic mass is 10.0. The van der Waals surface area contributed by atoms with Gasteiger partial charge < -0.3 is 20.7 Å². The highest BCUT2D eigenvalue weighted by molar-refractivity contribution is 9.11. The normalized spacial score (nSPS) is 11.9. The Hall–Kier alpha value is -1.12. The first-order valence-electron chi connectivity index (χ1n) is 5.12. The van der Waals surface area contributed by atoms with Gasteiger partial charge in [0.25, 0.3) is 0 Å². The lowest BCUT2D eigenvalue weighted by Gasteiger charge is -2.14. The zero-order valence-electron chi connectivity index (χ0n) is 9.60. The molecule has 6 nitrogen and oxygen atoms in total. The van der Waals surface area contributed by atoms with Crippen LogP contribution in [0.25, 0.3) is 0 Å². The van der Waals surface area contributed by atoms with Crippen LogP contribution in [0.4, 0.5) is 0 Å². The second kappa shape index (κ2) is 6.88. The number of carboxylic acid groups (broad SMARTS) is 2. The fraction of sp³-hybridized carbons (Fsp3) is 0.273. The van der Waals surface area contributed by atoms with E-state index in [-0.39, 0.29) is 6.42 Å². The van der Waals surface area contributed by atoms with Gasteiger partial charge in [0.1, 0.15) is 5.75 Å². The summed E-state index contributed by atoms with van der Waals surface area (Å²) in [5, 5.41) is 17.2. The number of halogens is 2. The lowest BCUT2D eigenvalue weighted by Crippen LogP contribution is -2.15. The molecule has 1 aromatic carbocycles. The summed E-state index contributed by atoms with van der Waals surface area (Å²) in [5.41, 5.74) is 6.35. The third-order valence-electron chi connectivity index (χ3n) is 2.18. The maximum Gasteiger partial charge on any atom is 0.341 e. The van der Waals surface area contributed by atoms with Gasteiger partial charge >= 0.3 is 11.9 Å². The van der Waals surface area contributed by atoms with E-state index in [9.17, 15) is 9.59 Å². The molecular weight excluding hydrogens is 386 g/mol. The summed E-state index contributed by atoms with van der Waals surface area (Å²) >= 11 is 6.46. The highest BCUT2D eigenvalue weighted by Gasteiger charge is 2.16. The number of nitrogens with two attached hydrogens (primary N) is 1. The van der Waals surface area contributed by atoms with Crippen LogP contribution in [0.15, 0.2) is 21.1 Å². The highest BCUT2D eigenvalue weighted by Crippen LogP contribution is 2.36. The van der Waals surface area contributed by atoms with Crippen molar-refractivity contribution in [3.63, 3.8) is 0 Å². The summed E-state index contributed by atoms with van der Waals surface area (Å²) in [4.78, 5) is 21.1. The van der Waals surface area contributed by atoms with Gasteiger partial charge in [0, 0.05) is 6.04 Å². The van der Waals surface area contributed by atoms with Crippen LogP contribution in [-0.4, -0.2) is 28.8 Å². The van der Waals surface area contributed by atoms with Crippen LogP contribution in [-0.2, 0) is 9.59 Å². The van der Waals surface area contributed by atoms with Gasteiger partial charge in [0.05, 0.1) is 15.4 Å². The van der Waals surface area contributed by atoms with E-state index in [2.05, 4.69) is 31.9 Å². The van der Waals surface area contributed by atoms with Crippen LogP contribution < -0.4 is 10.5 Å². The number of hydrogen-bond acceptors (Lipinski definition) is 4. The minimum absolute atomic E-state index is 0.200. The first kappa shape index (κ1) is 15.9. The predicted molar refractivity (Wildman–Crippen MR) is 74.2 cm³/mol. The van der Waals surface area contributed by atoms with Crippen molar-refractivity contribution in [2.45, 2.75) is 12.5 Å². The number of hydrogen-bond donors (Lipinski definition) is 3. The van der Waals surface area contributed by atoms with Crippen molar-refractivity contribution in [2.24, 2.45) is 5.73 Å². The van der Waals surface area contributed by atoms with Crippen molar-refractivity contribution in [1.82, 2.24) is 0 Å². The van der Waals surface area contributed by atoms with E-state index in [1.165, 1.54) is 0 Å². The van der Waals surface area contributed by atoms with E-state index < -0.39 is 24.6 Å². The molecular formula is C11H11Br2NO5. The summed E-state index contributed by atoms with van der Waals surface area (Å²) in [6, 6.07) is 2.56. The van der Waals surface area contributed by atoms with E-state index >= 15 is 0 Å². The number of aliphatic carboxylic acids is 2. The van der Waals surface area contributed by atoms with E-state index in [1.54, 1.807) is 12.1 Å².